The molecule has 0 unspecified atom stereocenters. The minimum atomic E-state index is -2.95. The molecule has 1 aromatic heterocycles. The van der Waals surface area contributed by atoms with Crippen LogP contribution in [0.3, 0.4) is 0 Å². The van der Waals surface area contributed by atoms with Crippen molar-refractivity contribution in [2.75, 3.05) is 7.11 Å². The fraction of sp³-hybridized carbons (Fsp3) is 0.133. The van der Waals surface area contributed by atoms with E-state index in [0.29, 0.717) is 10.4 Å². The van der Waals surface area contributed by atoms with Crippen LogP contribution in [0.15, 0.2) is 40.2 Å². The molecule has 22 heavy (non-hydrogen) atoms. The molecule has 0 saturated carbocycles. The first-order chi connectivity index (χ1) is 10.5. The summed E-state index contributed by atoms with van der Waals surface area (Å²) >= 11 is 4.61. The number of ketones is 1. The van der Waals surface area contributed by atoms with Crippen LogP contribution in [0.4, 0.5) is 8.78 Å². The Labute approximate surface area is 138 Å². The lowest BCUT2D eigenvalue weighted by Crippen LogP contribution is -2.03. The Kier molecular flexibility index (Phi) is 5.68. The molecule has 7 heteroatoms. The molecule has 0 radical (unpaired) electrons. The van der Waals surface area contributed by atoms with E-state index in [1.807, 2.05) is 0 Å². The van der Waals surface area contributed by atoms with E-state index in [1.165, 1.54) is 42.7 Å². The second-order valence-electron chi connectivity index (χ2n) is 4.09. The molecule has 0 saturated heterocycles. The van der Waals surface area contributed by atoms with E-state index in [2.05, 4.69) is 20.7 Å². The molecule has 1 aromatic carbocycles. The number of benzene rings is 1. The topological polar surface area (TPSA) is 35.5 Å². The molecule has 1 heterocycles. The fourth-order valence-electron chi connectivity index (χ4n) is 1.69. The molecule has 0 fully saturated rings. The third kappa shape index (κ3) is 4.38. The zero-order chi connectivity index (χ0) is 16.1. The van der Waals surface area contributed by atoms with Gasteiger partial charge in [-0.1, -0.05) is 12.1 Å². The van der Waals surface area contributed by atoms with Crippen LogP contribution in [-0.4, -0.2) is 19.5 Å². The predicted octanol–water partition coefficient (Wildman–Crippen LogP) is 5.02. The summed E-state index contributed by atoms with van der Waals surface area (Å²) in [6.07, 6.45) is 2.92. The van der Waals surface area contributed by atoms with Gasteiger partial charge in [-0.05, 0) is 51.8 Å². The first-order valence-electron chi connectivity index (χ1n) is 6.10. The smallest absolute Gasteiger partial charge is 0.387 e. The number of rotatable bonds is 6. The highest BCUT2D eigenvalue weighted by Gasteiger charge is 2.11. The average molecular weight is 389 g/mol. The first-order valence-corrected chi connectivity index (χ1v) is 7.71. The highest BCUT2D eigenvalue weighted by atomic mass is 79.9. The lowest BCUT2D eigenvalue weighted by Gasteiger charge is -2.10. The van der Waals surface area contributed by atoms with E-state index < -0.39 is 6.61 Å². The minimum absolute atomic E-state index is 0.0778. The zero-order valence-electron chi connectivity index (χ0n) is 11.4. The van der Waals surface area contributed by atoms with E-state index in [0.717, 1.165) is 3.79 Å². The average Bonchev–Trinajstić information content (AvgIpc) is 2.91. The van der Waals surface area contributed by atoms with Crippen molar-refractivity contribution >= 4 is 39.1 Å². The second kappa shape index (κ2) is 7.51. The second-order valence-corrected chi connectivity index (χ2v) is 6.55. The van der Waals surface area contributed by atoms with Crippen LogP contribution in [0.2, 0.25) is 0 Å². The Balaban J connectivity index is 2.18. The Hall–Kier alpha value is -1.73. The molecule has 0 N–H and O–H groups in total. The van der Waals surface area contributed by atoms with Crippen molar-refractivity contribution in [2.24, 2.45) is 0 Å². The Morgan fingerprint density at radius 2 is 2.05 bits per heavy atom. The molecular weight excluding hydrogens is 378 g/mol. The summed E-state index contributed by atoms with van der Waals surface area (Å²) in [5, 5.41) is 0. The van der Waals surface area contributed by atoms with Gasteiger partial charge in [-0.15, -0.1) is 11.3 Å². The first kappa shape index (κ1) is 16.6. The van der Waals surface area contributed by atoms with Gasteiger partial charge in [0.05, 0.1) is 15.8 Å². The van der Waals surface area contributed by atoms with Crippen LogP contribution in [0.25, 0.3) is 6.08 Å². The van der Waals surface area contributed by atoms with Crippen LogP contribution in [0.5, 0.6) is 11.5 Å². The summed E-state index contributed by atoms with van der Waals surface area (Å²) in [5.41, 5.74) is 0.556. The van der Waals surface area contributed by atoms with Gasteiger partial charge in [0.1, 0.15) is 0 Å². The van der Waals surface area contributed by atoms with Gasteiger partial charge in [0.2, 0.25) is 0 Å². The van der Waals surface area contributed by atoms with Gasteiger partial charge < -0.3 is 9.47 Å². The van der Waals surface area contributed by atoms with Crippen molar-refractivity contribution in [1.82, 2.24) is 0 Å². The van der Waals surface area contributed by atoms with Crippen LogP contribution >= 0.6 is 27.3 Å². The summed E-state index contributed by atoms with van der Waals surface area (Å²) in [5.74, 6) is -0.0419. The Morgan fingerprint density at radius 3 is 2.64 bits per heavy atom. The number of carbonyl (C=O) groups is 1. The molecule has 0 aliphatic carbocycles. The van der Waals surface area contributed by atoms with E-state index in [-0.39, 0.29) is 17.3 Å². The monoisotopic (exact) mass is 388 g/mol. The number of halogens is 3. The van der Waals surface area contributed by atoms with E-state index >= 15 is 0 Å². The number of ether oxygens (including phenoxy) is 2. The number of thiophene rings is 1. The summed E-state index contributed by atoms with van der Waals surface area (Å²) < 4.78 is 34.9. The number of carbonyl (C=O) groups excluding carboxylic acids is 1. The van der Waals surface area contributed by atoms with Crippen LogP contribution < -0.4 is 9.47 Å². The molecule has 0 atom stereocenters. The van der Waals surface area contributed by atoms with Crippen molar-refractivity contribution < 1.29 is 23.0 Å². The minimum Gasteiger partial charge on any atom is -0.493 e. The lowest BCUT2D eigenvalue weighted by atomic mass is 10.1. The van der Waals surface area contributed by atoms with Crippen LogP contribution in [0, 0.1) is 0 Å². The van der Waals surface area contributed by atoms with E-state index in [4.69, 9.17) is 4.74 Å². The molecule has 0 aliphatic rings. The molecular formula is C15H11BrF2O3S. The van der Waals surface area contributed by atoms with E-state index in [9.17, 15) is 13.6 Å². The molecule has 116 valence electrons. The number of methoxy groups -OCH3 is 1. The molecule has 0 aliphatic heterocycles. The normalized spacial score (nSPS) is 11.1. The molecule has 0 amide bonds. The fourth-order valence-corrected chi connectivity index (χ4v) is 2.99. The third-order valence-corrected chi connectivity index (χ3v) is 4.29. The summed E-state index contributed by atoms with van der Waals surface area (Å²) in [4.78, 5) is 12.5. The number of hydrogen-bond acceptors (Lipinski definition) is 4. The van der Waals surface area contributed by atoms with Crippen molar-refractivity contribution in [3.05, 3.63) is 50.6 Å². The van der Waals surface area contributed by atoms with Gasteiger partial charge in [0, 0.05) is 0 Å². The van der Waals surface area contributed by atoms with Crippen molar-refractivity contribution in [2.45, 2.75) is 6.61 Å². The number of alkyl halides is 2. The largest absolute Gasteiger partial charge is 0.493 e. The summed E-state index contributed by atoms with van der Waals surface area (Å²) in [7, 11) is 1.36. The Bertz CT molecular complexity index is 698. The van der Waals surface area contributed by atoms with Gasteiger partial charge in [0.15, 0.2) is 17.3 Å². The van der Waals surface area contributed by atoms with Crippen molar-refractivity contribution in [3.8, 4) is 11.5 Å². The van der Waals surface area contributed by atoms with Gasteiger partial charge in [-0.2, -0.15) is 8.78 Å². The third-order valence-electron chi connectivity index (χ3n) is 2.65. The van der Waals surface area contributed by atoms with Crippen LogP contribution in [0.1, 0.15) is 15.2 Å². The van der Waals surface area contributed by atoms with Crippen molar-refractivity contribution in [3.63, 3.8) is 0 Å². The molecule has 3 nitrogen and oxygen atoms in total. The molecule has 0 bridgehead atoms. The van der Waals surface area contributed by atoms with Gasteiger partial charge in [-0.25, -0.2) is 0 Å². The zero-order valence-corrected chi connectivity index (χ0v) is 13.8. The molecule has 2 aromatic rings. The maximum absolute atomic E-state index is 12.4. The summed E-state index contributed by atoms with van der Waals surface area (Å²) in [6.45, 7) is -2.95. The maximum atomic E-state index is 12.4. The van der Waals surface area contributed by atoms with Gasteiger partial charge >= 0.3 is 6.61 Å². The van der Waals surface area contributed by atoms with Gasteiger partial charge in [-0.3, -0.25) is 4.79 Å². The SMILES string of the molecule is COc1ccc(/C=C/C(=O)c2ccc(Br)s2)cc1OC(F)F. The van der Waals surface area contributed by atoms with Crippen LogP contribution in [-0.2, 0) is 0 Å². The summed E-state index contributed by atoms with van der Waals surface area (Å²) in [6, 6.07) is 8.03. The lowest BCUT2D eigenvalue weighted by molar-refractivity contribution is -0.0512. The van der Waals surface area contributed by atoms with Crippen molar-refractivity contribution in [1.29, 1.82) is 0 Å². The standard InChI is InChI=1S/C15H11BrF2O3S/c1-20-11-5-3-9(8-12(11)21-15(17)18)2-4-10(19)13-6-7-14(16)22-13/h2-8,15H,1H3/b4-2+. The van der Waals surface area contributed by atoms with Gasteiger partial charge in [0.25, 0.3) is 0 Å². The predicted molar refractivity (Wildman–Crippen MR) is 85.0 cm³/mol. The Morgan fingerprint density at radius 1 is 1.27 bits per heavy atom. The van der Waals surface area contributed by atoms with E-state index in [1.54, 1.807) is 18.2 Å². The quantitative estimate of drug-likeness (QED) is 0.514. The highest BCUT2D eigenvalue weighted by Crippen LogP contribution is 2.30. The maximum Gasteiger partial charge on any atom is 0.387 e. The number of allylic oxidation sites excluding steroid dienone is 1. The highest BCUT2D eigenvalue weighted by molar-refractivity contribution is 9.11. The number of hydrogen-bond donors (Lipinski definition) is 0. The molecule has 2 rings (SSSR count). The molecule has 0 spiro atoms.